The van der Waals surface area contributed by atoms with E-state index in [2.05, 4.69) is 0 Å². The van der Waals surface area contributed by atoms with E-state index in [0.29, 0.717) is 17.7 Å². The van der Waals surface area contributed by atoms with Crippen LogP contribution in [0.2, 0.25) is 5.02 Å². The molecule has 0 aliphatic heterocycles. The van der Waals surface area contributed by atoms with Gasteiger partial charge in [-0.2, -0.15) is 13.2 Å². The number of allylic oxidation sites excluding steroid dienone is 1. The summed E-state index contributed by atoms with van der Waals surface area (Å²) in [6.45, 7) is 1.48. The van der Waals surface area contributed by atoms with E-state index >= 15 is 0 Å². The predicted octanol–water partition coefficient (Wildman–Crippen LogP) is 5.04. The van der Waals surface area contributed by atoms with Crippen LogP contribution in [0.5, 0.6) is 0 Å². The molecule has 0 heterocycles. The van der Waals surface area contributed by atoms with Gasteiger partial charge in [0, 0.05) is 12.7 Å². The van der Waals surface area contributed by atoms with Crippen LogP contribution in [0.1, 0.15) is 24.5 Å². The van der Waals surface area contributed by atoms with Gasteiger partial charge in [-0.25, -0.2) is 0 Å². The lowest BCUT2D eigenvalue weighted by atomic mass is 10.1. The van der Waals surface area contributed by atoms with Crippen molar-refractivity contribution in [1.82, 2.24) is 0 Å². The number of carbonyl (C=O) groups is 1. The van der Waals surface area contributed by atoms with Crippen LogP contribution in [0.3, 0.4) is 0 Å². The summed E-state index contributed by atoms with van der Waals surface area (Å²) in [6.07, 6.45) is -0.509. The van der Waals surface area contributed by atoms with E-state index in [1.807, 2.05) is 0 Å². The number of carbonyl (C=O) groups excluding carboxylic acids is 1. The van der Waals surface area contributed by atoms with Gasteiger partial charge in [-0.3, -0.25) is 4.79 Å². The Morgan fingerprint density at radius 1 is 1.42 bits per heavy atom. The van der Waals surface area contributed by atoms with Crippen LogP contribution in [-0.2, 0) is 11.0 Å². The van der Waals surface area contributed by atoms with Crippen molar-refractivity contribution in [3.63, 3.8) is 0 Å². The number of rotatable bonds is 4. The predicted molar refractivity (Wildman–Crippen MR) is 73.2 cm³/mol. The second-order valence-corrected chi connectivity index (χ2v) is 5.45. The first-order chi connectivity index (χ1) is 8.80. The number of hydrogen-bond donors (Lipinski definition) is 0. The smallest absolute Gasteiger partial charge is 0.288 e. The van der Waals surface area contributed by atoms with Crippen molar-refractivity contribution in [3.05, 3.63) is 40.4 Å². The number of alkyl halides is 3. The summed E-state index contributed by atoms with van der Waals surface area (Å²) in [5, 5.41) is -0.281. The fourth-order valence-corrected chi connectivity index (χ4v) is 2.12. The van der Waals surface area contributed by atoms with Gasteiger partial charge in [0.05, 0.1) is 10.6 Å². The minimum absolute atomic E-state index is 0.0271. The largest absolute Gasteiger partial charge is 0.417 e. The van der Waals surface area contributed by atoms with Crippen molar-refractivity contribution in [1.29, 1.82) is 0 Å². The maximum Gasteiger partial charge on any atom is 0.417 e. The molecule has 1 rings (SSSR count). The molecule has 0 saturated carbocycles. The van der Waals surface area contributed by atoms with E-state index in [4.69, 9.17) is 11.6 Å². The third-order valence-corrected chi connectivity index (χ3v) is 3.37. The van der Waals surface area contributed by atoms with E-state index < -0.39 is 11.7 Å². The summed E-state index contributed by atoms with van der Waals surface area (Å²) in [7, 11) is 0. The Balaban J connectivity index is 2.70. The summed E-state index contributed by atoms with van der Waals surface area (Å²) in [6, 6.07) is 3.76. The first-order valence-corrected chi connectivity index (χ1v) is 6.83. The van der Waals surface area contributed by atoms with Crippen LogP contribution in [0.15, 0.2) is 24.3 Å². The van der Waals surface area contributed by atoms with Crippen LogP contribution in [-0.4, -0.2) is 10.9 Å². The highest BCUT2D eigenvalue weighted by molar-refractivity contribution is 8.13. The molecule has 0 unspecified atom stereocenters. The molecule has 19 heavy (non-hydrogen) atoms. The Bertz CT molecular complexity index is 483. The fraction of sp³-hybridized carbons (Fsp3) is 0.308. The van der Waals surface area contributed by atoms with Gasteiger partial charge in [0.2, 0.25) is 0 Å². The minimum atomic E-state index is -4.45. The van der Waals surface area contributed by atoms with E-state index in [1.54, 1.807) is 12.2 Å². The fourth-order valence-electron chi connectivity index (χ4n) is 1.35. The second-order valence-electron chi connectivity index (χ2n) is 3.77. The molecule has 0 N–H and O–H groups in total. The molecule has 0 aliphatic rings. The highest BCUT2D eigenvalue weighted by atomic mass is 35.5. The van der Waals surface area contributed by atoms with Gasteiger partial charge < -0.3 is 0 Å². The molecule has 0 aliphatic carbocycles. The molecule has 1 aromatic rings. The quantitative estimate of drug-likeness (QED) is 0.725. The molecular formula is C13H12ClF3OS. The summed E-state index contributed by atoms with van der Waals surface area (Å²) in [5.74, 6) is 0.617. The molecule has 0 amide bonds. The number of hydrogen-bond acceptors (Lipinski definition) is 2. The lowest BCUT2D eigenvalue weighted by Crippen LogP contribution is -2.05. The molecule has 0 saturated heterocycles. The molecule has 6 heteroatoms. The highest BCUT2D eigenvalue weighted by Crippen LogP contribution is 2.35. The van der Waals surface area contributed by atoms with E-state index in [1.165, 1.54) is 30.8 Å². The van der Waals surface area contributed by atoms with Crippen molar-refractivity contribution in [3.8, 4) is 0 Å². The molecule has 0 radical (unpaired) electrons. The topological polar surface area (TPSA) is 17.1 Å². The van der Waals surface area contributed by atoms with Crippen molar-refractivity contribution in [2.75, 3.05) is 5.75 Å². The lowest BCUT2D eigenvalue weighted by Gasteiger charge is -2.09. The SMILES string of the molecule is CC(=O)SCCC=Cc1ccc(Cl)c(C(F)(F)F)c1. The first-order valence-electron chi connectivity index (χ1n) is 5.47. The van der Waals surface area contributed by atoms with Crippen LogP contribution in [0.4, 0.5) is 13.2 Å². The third-order valence-electron chi connectivity index (χ3n) is 2.20. The number of benzene rings is 1. The zero-order chi connectivity index (χ0) is 14.5. The van der Waals surface area contributed by atoms with E-state index in [0.717, 1.165) is 6.07 Å². The zero-order valence-corrected chi connectivity index (χ0v) is 11.7. The van der Waals surface area contributed by atoms with Crippen molar-refractivity contribution >= 4 is 34.6 Å². The Labute approximate surface area is 118 Å². The Morgan fingerprint density at radius 3 is 2.68 bits per heavy atom. The molecule has 0 aromatic heterocycles. The van der Waals surface area contributed by atoms with Gasteiger partial charge >= 0.3 is 6.18 Å². The Kier molecular flexibility index (Phi) is 5.94. The first kappa shape index (κ1) is 16.1. The van der Waals surface area contributed by atoms with Gasteiger partial charge in [-0.15, -0.1) is 0 Å². The van der Waals surface area contributed by atoms with E-state index in [-0.39, 0.29) is 10.1 Å². The zero-order valence-electron chi connectivity index (χ0n) is 10.1. The molecule has 0 atom stereocenters. The molecule has 1 nitrogen and oxygen atoms in total. The number of thioether (sulfide) groups is 1. The van der Waals surface area contributed by atoms with Crippen molar-refractivity contribution in [2.45, 2.75) is 19.5 Å². The monoisotopic (exact) mass is 308 g/mol. The lowest BCUT2D eigenvalue weighted by molar-refractivity contribution is -0.137. The Hall–Kier alpha value is -0.940. The minimum Gasteiger partial charge on any atom is -0.288 e. The standard InChI is InChI=1S/C13H12ClF3OS/c1-9(18)19-7-3-2-4-10-5-6-12(14)11(8-10)13(15,16)17/h2,4-6,8H,3,7H2,1H3. The van der Waals surface area contributed by atoms with Crippen LogP contribution < -0.4 is 0 Å². The summed E-state index contributed by atoms with van der Waals surface area (Å²) in [5.41, 5.74) is -0.404. The van der Waals surface area contributed by atoms with Gasteiger partial charge in [0.15, 0.2) is 5.12 Å². The summed E-state index contributed by atoms with van der Waals surface area (Å²) < 4.78 is 37.8. The average Bonchev–Trinajstić information content (AvgIpc) is 2.28. The van der Waals surface area contributed by atoms with Crippen LogP contribution in [0, 0.1) is 0 Å². The van der Waals surface area contributed by atoms with Gasteiger partial charge in [0.25, 0.3) is 0 Å². The molecule has 0 bridgehead atoms. The maximum atomic E-state index is 12.6. The third kappa shape index (κ3) is 5.70. The molecule has 0 fully saturated rings. The van der Waals surface area contributed by atoms with Gasteiger partial charge in [-0.1, -0.05) is 41.6 Å². The van der Waals surface area contributed by atoms with Crippen molar-refractivity contribution in [2.24, 2.45) is 0 Å². The Morgan fingerprint density at radius 2 is 2.11 bits per heavy atom. The summed E-state index contributed by atoms with van der Waals surface area (Å²) >= 11 is 6.70. The maximum absolute atomic E-state index is 12.6. The van der Waals surface area contributed by atoms with E-state index in [9.17, 15) is 18.0 Å². The average molecular weight is 309 g/mol. The number of halogens is 4. The molecule has 1 aromatic carbocycles. The van der Waals surface area contributed by atoms with Crippen LogP contribution in [0.25, 0.3) is 6.08 Å². The van der Waals surface area contributed by atoms with Crippen molar-refractivity contribution < 1.29 is 18.0 Å². The molecule has 0 spiro atoms. The highest BCUT2D eigenvalue weighted by Gasteiger charge is 2.33. The van der Waals surface area contributed by atoms with Gasteiger partial charge in [-0.05, 0) is 24.1 Å². The normalized spacial score (nSPS) is 12.1. The van der Waals surface area contributed by atoms with Gasteiger partial charge in [0.1, 0.15) is 0 Å². The molecular weight excluding hydrogens is 297 g/mol. The molecule has 104 valence electrons. The summed E-state index contributed by atoms with van der Waals surface area (Å²) in [4.78, 5) is 10.7. The second kappa shape index (κ2) is 7.01. The van der Waals surface area contributed by atoms with Crippen LogP contribution >= 0.6 is 23.4 Å².